The van der Waals surface area contributed by atoms with Gasteiger partial charge in [0, 0.05) is 30.5 Å². The van der Waals surface area contributed by atoms with E-state index >= 15 is 0 Å². The molecular formula is C10H18N2OS. The summed E-state index contributed by atoms with van der Waals surface area (Å²) in [6, 6.07) is 0.439. The number of rotatable bonds is 2. The molecule has 80 valence electrons. The van der Waals surface area contributed by atoms with Crippen molar-refractivity contribution in [1.82, 2.24) is 10.2 Å². The number of hydrogen-bond acceptors (Lipinski definition) is 3. The molecule has 1 N–H and O–H groups in total. The summed E-state index contributed by atoms with van der Waals surface area (Å²) < 4.78 is 0. The number of carbonyl (C=O) groups excluding carboxylic acids is 1. The third-order valence-electron chi connectivity index (χ3n) is 3.02. The molecule has 0 aromatic carbocycles. The highest BCUT2D eigenvalue weighted by Gasteiger charge is 2.27. The van der Waals surface area contributed by atoms with Crippen molar-refractivity contribution in [3.05, 3.63) is 0 Å². The van der Waals surface area contributed by atoms with Crippen LogP contribution in [0.5, 0.6) is 0 Å². The molecule has 4 heteroatoms. The number of carbonyl (C=O) groups is 1. The van der Waals surface area contributed by atoms with Gasteiger partial charge in [-0.25, -0.2) is 0 Å². The fourth-order valence-electron chi connectivity index (χ4n) is 1.95. The first-order valence-corrected chi connectivity index (χ1v) is 6.51. The van der Waals surface area contributed by atoms with E-state index in [1.807, 2.05) is 11.8 Å². The minimum atomic E-state index is 0.365. The number of amides is 1. The molecule has 1 atom stereocenters. The first kappa shape index (κ1) is 10.3. The monoisotopic (exact) mass is 214 g/mol. The zero-order chi connectivity index (χ0) is 9.97. The molecule has 2 heterocycles. The van der Waals surface area contributed by atoms with Gasteiger partial charge in [0.25, 0.3) is 0 Å². The van der Waals surface area contributed by atoms with Crippen LogP contribution in [0.3, 0.4) is 0 Å². The molecule has 0 aliphatic carbocycles. The third-order valence-corrected chi connectivity index (χ3v) is 4.21. The topological polar surface area (TPSA) is 32.3 Å². The standard InChI is InChI=1S/C10H18N2OS/c1-8-7-14-3-2-12(8)10(13)4-9-5-11-6-9/h8-9,11H,2-7H2,1H3. The van der Waals surface area contributed by atoms with Crippen LogP contribution < -0.4 is 5.32 Å². The number of nitrogens with one attached hydrogen (secondary N) is 1. The summed E-state index contributed by atoms with van der Waals surface area (Å²) in [6.45, 7) is 5.17. The fourth-order valence-corrected chi connectivity index (χ4v) is 2.97. The van der Waals surface area contributed by atoms with Gasteiger partial charge in [0.2, 0.25) is 5.91 Å². The summed E-state index contributed by atoms with van der Waals surface area (Å²) >= 11 is 1.96. The Balaban J connectivity index is 1.82. The Morgan fingerprint density at radius 2 is 2.36 bits per heavy atom. The van der Waals surface area contributed by atoms with Crippen molar-refractivity contribution in [2.24, 2.45) is 5.92 Å². The van der Waals surface area contributed by atoms with E-state index in [0.717, 1.165) is 37.6 Å². The Kier molecular flexibility index (Phi) is 3.34. The molecule has 1 unspecified atom stereocenters. The SMILES string of the molecule is CC1CSCCN1C(=O)CC1CNC1. The van der Waals surface area contributed by atoms with Gasteiger partial charge in [-0.1, -0.05) is 0 Å². The van der Waals surface area contributed by atoms with Crippen LogP contribution in [0.4, 0.5) is 0 Å². The van der Waals surface area contributed by atoms with Gasteiger partial charge in [-0.3, -0.25) is 4.79 Å². The van der Waals surface area contributed by atoms with Crippen molar-refractivity contribution in [3.63, 3.8) is 0 Å². The molecule has 0 saturated carbocycles. The smallest absolute Gasteiger partial charge is 0.223 e. The Bertz CT molecular complexity index is 218. The van der Waals surface area contributed by atoms with E-state index in [2.05, 4.69) is 17.1 Å². The molecule has 2 rings (SSSR count). The van der Waals surface area contributed by atoms with Crippen molar-refractivity contribution in [3.8, 4) is 0 Å². The van der Waals surface area contributed by atoms with Crippen LogP contribution in [0.25, 0.3) is 0 Å². The number of thioether (sulfide) groups is 1. The van der Waals surface area contributed by atoms with Crippen LogP contribution in [-0.4, -0.2) is 48.0 Å². The van der Waals surface area contributed by atoms with Crippen LogP contribution in [0.1, 0.15) is 13.3 Å². The van der Waals surface area contributed by atoms with E-state index in [1.165, 1.54) is 0 Å². The predicted octanol–water partition coefficient (Wildman–Crippen LogP) is 0.560. The van der Waals surface area contributed by atoms with Crippen LogP contribution in [0.2, 0.25) is 0 Å². The van der Waals surface area contributed by atoms with Crippen molar-refractivity contribution >= 4 is 17.7 Å². The highest BCUT2D eigenvalue weighted by atomic mass is 32.2. The highest BCUT2D eigenvalue weighted by Crippen LogP contribution is 2.19. The minimum Gasteiger partial charge on any atom is -0.338 e. The molecule has 2 aliphatic rings. The van der Waals surface area contributed by atoms with Gasteiger partial charge in [0.05, 0.1) is 0 Å². The molecule has 0 aromatic heterocycles. The maximum atomic E-state index is 11.9. The first-order valence-electron chi connectivity index (χ1n) is 5.35. The van der Waals surface area contributed by atoms with Gasteiger partial charge in [-0.05, 0) is 25.9 Å². The van der Waals surface area contributed by atoms with Gasteiger partial charge in [0.1, 0.15) is 0 Å². The summed E-state index contributed by atoms with van der Waals surface area (Å²) in [5, 5.41) is 3.21. The van der Waals surface area contributed by atoms with Crippen molar-refractivity contribution < 1.29 is 4.79 Å². The molecule has 3 nitrogen and oxygen atoms in total. The van der Waals surface area contributed by atoms with Gasteiger partial charge < -0.3 is 10.2 Å². The summed E-state index contributed by atoms with van der Waals surface area (Å²) in [7, 11) is 0. The van der Waals surface area contributed by atoms with E-state index in [1.54, 1.807) is 0 Å². The summed E-state index contributed by atoms with van der Waals surface area (Å²) in [4.78, 5) is 14.0. The lowest BCUT2D eigenvalue weighted by Crippen LogP contribution is -2.49. The first-order chi connectivity index (χ1) is 6.77. The van der Waals surface area contributed by atoms with Crippen LogP contribution >= 0.6 is 11.8 Å². The Labute approximate surface area is 89.6 Å². The number of hydrogen-bond donors (Lipinski definition) is 1. The zero-order valence-electron chi connectivity index (χ0n) is 8.66. The quantitative estimate of drug-likeness (QED) is 0.729. The molecule has 2 saturated heterocycles. The summed E-state index contributed by atoms with van der Waals surface area (Å²) in [5.74, 6) is 3.18. The summed E-state index contributed by atoms with van der Waals surface area (Å²) in [5.41, 5.74) is 0. The molecule has 0 radical (unpaired) electrons. The molecule has 2 aliphatic heterocycles. The lowest BCUT2D eigenvalue weighted by atomic mass is 9.98. The maximum absolute atomic E-state index is 11.9. The van der Waals surface area contributed by atoms with E-state index in [9.17, 15) is 4.79 Å². The molecule has 0 aromatic rings. The molecule has 0 bridgehead atoms. The molecule has 14 heavy (non-hydrogen) atoms. The zero-order valence-corrected chi connectivity index (χ0v) is 9.48. The van der Waals surface area contributed by atoms with E-state index in [-0.39, 0.29) is 0 Å². The Morgan fingerprint density at radius 1 is 1.57 bits per heavy atom. The van der Waals surface area contributed by atoms with E-state index < -0.39 is 0 Å². The predicted molar refractivity (Wildman–Crippen MR) is 59.5 cm³/mol. The molecular weight excluding hydrogens is 196 g/mol. The van der Waals surface area contributed by atoms with Crippen molar-refractivity contribution in [1.29, 1.82) is 0 Å². The minimum absolute atomic E-state index is 0.365. The molecule has 0 spiro atoms. The third kappa shape index (κ3) is 2.23. The second-order valence-electron chi connectivity index (χ2n) is 4.24. The van der Waals surface area contributed by atoms with Gasteiger partial charge in [0.15, 0.2) is 0 Å². The Morgan fingerprint density at radius 3 is 2.93 bits per heavy atom. The summed E-state index contributed by atoms with van der Waals surface area (Å²) in [6.07, 6.45) is 0.752. The van der Waals surface area contributed by atoms with Gasteiger partial charge in [-0.15, -0.1) is 0 Å². The highest BCUT2D eigenvalue weighted by molar-refractivity contribution is 7.99. The van der Waals surface area contributed by atoms with Crippen molar-refractivity contribution in [2.45, 2.75) is 19.4 Å². The van der Waals surface area contributed by atoms with E-state index in [4.69, 9.17) is 0 Å². The largest absolute Gasteiger partial charge is 0.338 e. The Hall–Kier alpha value is -0.220. The van der Waals surface area contributed by atoms with E-state index in [0.29, 0.717) is 17.9 Å². The van der Waals surface area contributed by atoms with Crippen LogP contribution in [0, 0.1) is 5.92 Å². The molecule has 1 amide bonds. The fraction of sp³-hybridized carbons (Fsp3) is 0.900. The van der Waals surface area contributed by atoms with Gasteiger partial charge >= 0.3 is 0 Å². The lowest BCUT2D eigenvalue weighted by molar-refractivity contribution is -0.134. The normalized spacial score (nSPS) is 28.6. The maximum Gasteiger partial charge on any atom is 0.223 e. The second-order valence-corrected chi connectivity index (χ2v) is 5.39. The van der Waals surface area contributed by atoms with Crippen LogP contribution in [-0.2, 0) is 4.79 Å². The van der Waals surface area contributed by atoms with Crippen molar-refractivity contribution in [2.75, 3.05) is 31.1 Å². The average molecular weight is 214 g/mol. The lowest BCUT2D eigenvalue weighted by Gasteiger charge is -2.35. The second kappa shape index (κ2) is 4.53. The van der Waals surface area contributed by atoms with Gasteiger partial charge in [-0.2, -0.15) is 11.8 Å². The molecule has 2 fully saturated rings. The number of nitrogens with zero attached hydrogens (tertiary/aromatic N) is 1. The average Bonchev–Trinajstić information content (AvgIpc) is 2.12. The van der Waals surface area contributed by atoms with Crippen LogP contribution in [0.15, 0.2) is 0 Å².